The zero-order valence-electron chi connectivity index (χ0n) is 18.2. The van der Waals surface area contributed by atoms with Crippen LogP contribution in [0.1, 0.15) is 54.9 Å². The van der Waals surface area contributed by atoms with Crippen molar-refractivity contribution >= 4 is 29.4 Å². The molecule has 32 heavy (non-hydrogen) atoms. The quantitative estimate of drug-likeness (QED) is 0.408. The van der Waals surface area contributed by atoms with E-state index in [1.165, 1.54) is 19.1 Å². The van der Waals surface area contributed by atoms with Crippen LogP contribution < -0.4 is 9.64 Å². The van der Waals surface area contributed by atoms with E-state index >= 15 is 0 Å². The first-order valence-electron chi connectivity index (χ1n) is 10.9. The van der Waals surface area contributed by atoms with Gasteiger partial charge < -0.3 is 9.64 Å². The van der Waals surface area contributed by atoms with Gasteiger partial charge in [0.05, 0.1) is 12.1 Å². The maximum absolute atomic E-state index is 13.5. The molecule has 0 bridgehead atoms. The van der Waals surface area contributed by atoms with Gasteiger partial charge in [0, 0.05) is 18.5 Å². The molecule has 7 nitrogen and oxygen atoms in total. The molecular formula is C25H26N2O5. The van der Waals surface area contributed by atoms with Crippen molar-refractivity contribution in [2.45, 2.75) is 58.0 Å². The third-order valence-corrected chi connectivity index (χ3v) is 6.03. The Morgan fingerprint density at radius 1 is 1.03 bits per heavy atom. The normalized spacial score (nSPS) is 18.8. The van der Waals surface area contributed by atoms with Crippen LogP contribution in [0.15, 0.2) is 48.5 Å². The fourth-order valence-corrected chi connectivity index (χ4v) is 4.61. The second-order valence-corrected chi connectivity index (χ2v) is 8.40. The van der Waals surface area contributed by atoms with E-state index in [4.69, 9.17) is 4.74 Å². The highest BCUT2D eigenvalue weighted by atomic mass is 16.5. The van der Waals surface area contributed by atoms with E-state index in [1.54, 1.807) is 23.1 Å². The largest absolute Gasteiger partial charge is 0.427 e. The van der Waals surface area contributed by atoms with Crippen molar-refractivity contribution in [3.8, 4) is 5.75 Å². The number of esters is 1. The maximum atomic E-state index is 13.5. The third-order valence-electron chi connectivity index (χ3n) is 6.03. The molecule has 0 N–H and O–H groups in total. The van der Waals surface area contributed by atoms with Crippen LogP contribution in [0.2, 0.25) is 0 Å². The number of ether oxygens (including phenoxy) is 1. The van der Waals surface area contributed by atoms with Gasteiger partial charge in [0.1, 0.15) is 11.8 Å². The lowest BCUT2D eigenvalue weighted by Crippen LogP contribution is -2.50. The Bertz CT molecular complexity index is 1060. The molecular weight excluding hydrogens is 408 g/mol. The number of carbonyl (C=O) groups is 4. The summed E-state index contributed by atoms with van der Waals surface area (Å²) >= 11 is 0. The highest BCUT2D eigenvalue weighted by Gasteiger charge is 2.47. The molecule has 166 valence electrons. The van der Waals surface area contributed by atoms with Gasteiger partial charge in [-0.15, -0.1) is 0 Å². The summed E-state index contributed by atoms with van der Waals surface area (Å²) in [6.45, 7) is 3.22. The zero-order valence-corrected chi connectivity index (χ0v) is 18.2. The van der Waals surface area contributed by atoms with Gasteiger partial charge in [-0.1, -0.05) is 30.5 Å². The van der Waals surface area contributed by atoms with Crippen LogP contribution in [0, 0.1) is 6.92 Å². The number of imide groups is 1. The molecule has 1 unspecified atom stereocenters. The Labute approximate surface area is 187 Å². The van der Waals surface area contributed by atoms with Gasteiger partial charge in [-0.2, -0.15) is 0 Å². The standard InChI is InChI=1S/C25H26N2O5/c1-16-6-5-7-18(14-16)24(30)26(19-8-3-4-9-19)22-15-23(29)27(25(22)31)20-10-12-21(13-11-20)32-17(2)28/h5-7,10-14,19,22H,3-4,8-9,15H2,1-2H3. The summed E-state index contributed by atoms with van der Waals surface area (Å²) in [6.07, 6.45) is 3.61. The van der Waals surface area contributed by atoms with E-state index in [-0.39, 0.29) is 24.3 Å². The van der Waals surface area contributed by atoms with Crippen molar-refractivity contribution in [1.29, 1.82) is 0 Å². The van der Waals surface area contributed by atoms with Crippen LogP contribution in [0.3, 0.4) is 0 Å². The van der Waals surface area contributed by atoms with Crippen molar-refractivity contribution < 1.29 is 23.9 Å². The van der Waals surface area contributed by atoms with Crippen LogP contribution in [-0.2, 0) is 14.4 Å². The highest BCUT2D eigenvalue weighted by molar-refractivity contribution is 6.23. The van der Waals surface area contributed by atoms with E-state index in [0.717, 1.165) is 36.1 Å². The average molecular weight is 434 g/mol. The molecule has 2 aliphatic rings. The van der Waals surface area contributed by atoms with Crippen LogP contribution in [0.25, 0.3) is 0 Å². The van der Waals surface area contributed by atoms with E-state index in [1.807, 2.05) is 25.1 Å². The van der Waals surface area contributed by atoms with E-state index in [0.29, 0.717) is 17.0 Å². The van der Waals surface area contributed by atoms with Crippen molar-refractivity contribution in [3.63, 3.8) is 0 Å². The second kappa shape index (κ2) is 8.94. The van der Waals surface area contributed by atoms with Gasteiger partial charge in [-0.25, -0.2) is 4.90 Å². The van der Waals surface area contributed by atoms with Crippen molar-refractivity contribution in [1.82, 2.24) is 4.90 Å². The maximum Gasteiger partial charge on any atom is 0.308 e. The summed E-state index contributed by atoms with van der Waals surface area (Å²) in [6, 6.07) is 12.6. The number of benzene rings is 2. The van der Waals surface area contributed by atoms with Crippen LogP contribution in [0.5, 0.6) is 5.75 Å². The predicted octanol–water partition coefficient (Wildman–Crippen LogP) is 3.64. The summed E-state index contributed by atoms with van der Waals surface area (Å²) in [5.74, 6) is -1.07. The number of hydrogen-bond acceptors (Lipinski definition) is 5. The van der Waals surface area contributed by atoms with Gasteiger partial charge in [-0.3, -0.25) is 19.2 Å². The van der Waals surface area contributed by atoms with E-state index in [2.05, 4.69) is 0 Å². The van der Waals surface area contributed by atoms with Gasteiger partial charge in [0.15, 0.2) is 0 Å². The number of amides is 3. The predicted molar refractivity (Wildman–Crippen MR) is 118 cm³/mol. The summed E-state index contributed by atoms with van der Waals surface area (Å²) in [7, 11) is 0. The Hall–Kier alpha value is -3.48. The number of hydrogen-bond donors (Lipinski definition) is 0. The molecule has 0 aromatic heterocycles. The second-order valence-electron chi connectivity index (χ2n) is 8.40. The lowest BCUT2D eigenvalue weighted by Gasteiger charge is -2.33. The van der Waals surface area contributed by atoms with Gasteiger partial charge in [-0.05, 0) is 56.2 Å². The fourth-order valence-electron chi connectivity index (χ4n) is 4.61. The number of carbonyl (C=O) groups excluding carboxylic acids is 4. The Morgan fingerprint density at radius 2 is 1.72 bits per heavy atom. The van der Waals surface area contributed by atoms with Crippen LogP contribution >= 0.6 is 0 Å². The van der Waals surface area contributed by atoms with E-state index < -0.39 is 17.9 Å². The number of nitrogens with zero attached hydrogens (tertiary/aromatic N) is 2. The Kier molecular flexibility index (Phi) is 6.08. The fraction of sp³-hybridized carbons (Fsp3) is 0.360. The molecule has 1 saturated carbocycles. The molecule has 2 aromatic rings. The molecule has 3 amide bonds. The molecule has 1 atom stereocenters. The minimum Gasteiger partial charge on any atom is -0.427 e. The summed E-state index contributed by atoms with van der Waals surface area (Å²) in [5, 5.41) is 0. The van der Waals surface area contributed by atoms with Gasteiger partial charge in [0.2, 0.25) is 5.91 Å². The SMILES string of the molecule is CC(=O)Oc1ccc(N2C(=O)CC(N(C(=O)c3cccc(C)c3)C3CCCC3)C2=O)cc1. The molecule has 7 heteroatoms. The van der Waals surface area contributed by atoms with Crippen molar-refractivity contribution in [2.24, 2.45) is 0 Å². The monoisotopic (exact) mass is 434 g/mol. The van der Waals surface area contributed by atoms with Crippen LogP contribution in [-0.4, -0.2) is 40.7 Å². The highest BCUT2D eigenvalue weighted by Crippen LogP contribution is 2.33. The van der Waals surface area contributed by atoms with E-state index in [9.17, 15) is 19.2 Å². The minimum atomic E-state index is -0.827. The number of rotatable bonds is 5. The molecule has 1 saturated heterocycles. The summed E-state index contributed by atoms with van der Waals surface area (Å²) in [5.41, 5.74) is 1.89. The Balaban J connectivity index is 1.62. The van der Waals surface area contributed by atoms with Crippen molar-refractivity contribution in [2.75, 3.05) is 4.90 Å². The molecule has 0 spiro atoms. The summed E-state index contributed by atoms with van der Waals surface area (Å²) in [4.78, 5) is 53.7. The first-order valence-corrected chi connectivity index (χ1v) is 10.9. The minimum absolute atomic E-state index is 0.0431. The van der Waals surface area contributed by atoms with Crippen molar-refractivity contribution in [3.05, 3.63) is 59.7 Å². The molecule has 2 aromatic carbocycles. The van der Waals surface area contributed by atoms with Gasteiger partial charge in [0.25, 0.3) is 11.8 Å². The van der Waals surface area contributed by atoms with Crippen LogP contribution in [0.4, 0.5) is 5.69 Å². The van der Waals surface area contributed by atoms with Gasteiger partial charge >= 0.3 is 5.97 Å². The number of anilines is 1. The Morgan fingerprint density at radius 3 is 2.34 bits per heavy atom. The molecule has 2 fully saturated rings. The number of aryl methyl sites for hydroxylation is 1. The molecule has 1 aliphatic carbocycles. The third kappa shape index (κ3) is 4.28. The molecule has 1 aliphatic heterocycles. The molecule has 1 heterocycles. The lowest BCUT2D eigenvalue weighted by atomic mass is 10.0. The molecule has 4 rings (SSSR count). The first kappa shape index (κ1) is 21.7. The summed E-state index contributed by atoms with van der Waals surface area (Å²) < 4.78 is 5.02. The average Bonchev–Trinajstić information content (AvgIpc) is 3.37. The lowest BCUT2D eigenvalue weighted by molar-refractivity contribution is -0.132. The topological polar surface area (TPSA) is 84.0 Å². The molecule has 0 radical (unpaired) electrons. The smallest absolute Gasteiger partial charge is 0.308 e. The zero-order chi connectivity index (χ0) is 22.8. The first-order chi connectivity index (χ1) is 15.3.